The van der Waals surface area contributed by atoms with Gasteiger partial charge in [0.1, 0.15) is 4.90 Å². The zero-order chi connectivity index (χ0) is 14.0. The lowest BCUT2D eigenvalue weighted by molar-refractivity contribution is 0.350. The van der Waals surface area contributed by atoms with Gasteiger partial charge in [0.25, 0.3) is 0 Å². The molecule has 2 aromatic heterocycles. The largest absolute Gasteiger partial charge is 0.338 e. The van der Waals surface area contributed by atoms with E-state index in [1.807, 2.05) is 6.92 Å². The molecule has 1 N–H and O–H groups in total. The van der Waals surface area contributed by atoms with Crippen LogP contribution in [0.3, 0.4) is 0 Å². The van der Waals surface area contributed by atoms with Crippen LogP contribution in [0.1, 0.15) is 31.6 Å². The Labute approximate surface area is 110 Å². The molecule has 0 aliphatic carbocycles. The molecule has 8 nitrogen and oxygen atoms in total. The fourth-order valence-electron chi connectivity index (χ4n) is 1.48. The average molecular weight is 285 g/mol. The van der Waals surface area contributed by atoms with E-state index in [1.165, 1.54) is 17.1 Å². The SMILES string of the molecule is CCc1noc(C(C)NS(=O)(=O)c2cnn(C)c2)n1. The van der Waals surface area contributed by atoms with Crippen molar-refractivity contribution in [3.05, 3.63) is 24.1 Å². The molecule has 0 aliphatic heterocycles. The number of nitrogens with one attached hydrogen (secondary N) is 1. The molecule has 104 valence electrons. The van der Waals surface area contributed by atoms with Gasteiger partial charge in [-0.25, -0.2) is 8.42 Å². The summed E-state index contributed by atoms with van der Waals surface area (Å²) in [6.45, 7) is 3.53. The molecule has 0 amide bonds. The summed E-state index contributed by atoms with van der Waals surface area (Å²) in [5, 5.41) is 7.55. The van der Waals surface area contributed by atoms with Crippen LogP contribution in [-0.4, -0.2) is 28.3 Å². The molecule has 9 heteroatoms. The van der Waals surface area contributed by atoms with Crippen LogP contribution in [0.2, 0.25) is 0 Å². The third kappa shape index (κ3) is 2.99. The van der Waals surface area contributed by atoms with Gasteiger partial charge in [-0.05, 0) is 6.92 Å². The zero-order valence-electron chi connectivity index (χ0n) is 10.9. The van der Waals surface area contributed by atoms with Crippen molar-refractivity contribution in [3.63, 3.8) is 0 Å². The Morgan fingerprint density at radius 1 is 1.53 bits per heavy atom. The number of nitrogens with zero attached hydrogens (tertiary/aromatic N) is 4. The van der Waals surface area contributed by atoms with Crippen LogP contribution in [0.15, 0.2) is 21.8 Å². The van der Waals surface area contributed by atoms with Crippen LogP contribution in [0.5, 0.6) is 0 Å². The average Bonchev–Trinajstić information content (AvgIpc) is 2.96. The van der Waals surface area contributed by atoms with Crippen LogP contribution in [-0.2, 0) is 23.5 Å². The Morgan fingerprint density at radius 3 is 2.79 bits per heavy atom. The Hall–Kier alpha value is -1.74. The highest BCUT2D eigenvalue weighted by molar-refractivity contribution is 7.89. The molecule has 0 aliphatic rings. The normalized spacial score (nSPS) is 13.6. The summed E-state index contributed by atoms with van der Waals surface area (Å²) in [4.78, 5) is 4.18. The summed E-state index contributed by atoms with van der Waals surface area (Å²) < 4.78 is 33.0. The van der Waals surface area contributed by atoms with Gasteiger partial charge in [-0.15, -0.1) is 0 Å². The smallest absolute Gasteiger partial charge is 0.244 e. The van der Waals surface area contributed by atoms with Crippen LogP contribution in [0, 0.1) is 0 Å². The number of aromatic nitrogens is 4. The summed E-state index contributed by atoms with van der Waals surface area (Å²) in [6.07, 6.45) is 3.33. The maximum atomic E-state index is 12.1. The van der Waals surface area contributed by atoms with Gasteiger partial charge in [0.05, 0.1) is 12.2 Å². The summed E-state index contributed by atoms with van der Waals surface area (Å²) in [5.74, 6) is 0.784. The first-order valence-corrected chi connectivity index (χ1v) is 7.24. The second-order valence-corrected chi connectivity index (χ2v) is 5.81. The Balaban J connectivity index is 2.16. The number of rotatable bonds is 5. The number of sulfonamides is 1. The van der Waals surface area contributed by atoms with Crippen LogP contribution in [0.25, 0.3) is 0 Å². The minimum absolute atomic E-state index is 0.0945. The molecule has 1 unspecified atom stereocenters. The maximum absolute atomic E-state index is 12.1. The van der Waals surface area contributed by atoms with Crippen molar-refractivity contribution >= 4 is 10.0 Å². The molecular weight excluding hydrogens is 270 g/mol. The topological polar surface area (TPSA) is 103 Å². The van der Waals surface area contributed by atoms with Gasteiger partial charge in [-0.1, -0.05) is 12.1 Å². The molecule has 0 aromatic carbocycles. The first-order valence-electron chi connectivity index (χ1n) is 5.76. The van der Waals surface area contributed by atoms with Gasteiger partial charge >= 0.3 is 0 Å². The highest BCUT2D eigenvalue weighted by Crippen LogP contribution is 2.15. The summed E-state index contributed by atoms with van der Waals surface area (Å²) in [5.41, 5.74) is 0. The van der Waals surface area contributed by atoms with Crippen molar-refractivity contribution < 1.29 is 12.9 Å². The van der Waals surface area contributed by atoms with E-state index in [0.29, 0.717) is 12.2 Å². The lowest BCUT2D eigenvalue weighted by atomic mass is 10.4. The van der Waals surface area contributed by atoms with Crippen LogP contribution in [0.4, 0.5) is 0 Å². The minimum atomic E-state index is -3.65. The van der Waals surface area contributed by atoms with E-state index in [4.69, 9.17) is 4.52 Å². The highest BCUT2D eigenvalue weighted by Gasteiger charge is 2.23. The predicted molar refractivity (Wildman–Crippen MR) is 65.6 cm³/mol. The Bertz CT molecular complexity index is 660. The Morgan fingerprint density at radius 2 is 2.26 bits per heavy atom. The quantitative estimate of drug-likeness (QED) is 0.853. The number of aryl methyl sites for hydroxylation is 2. The van der Waals surface area contributed by atoms with Crippen molar-refractivity contribution in [2.45, 2.75) is 31.2 Å². The molecule has 2 heterocycles. The van der Waals surface area contributed by atoms with Crippen LogP contribution >= 0.6 is 0 Å². The molecule has 0 spiro atoms. The van der Waals surface area contributed by atoms with E-state index in [-0.39, 0.29) is 10.8 Å². The second kappa shape index (κ2) is 5.10. The summed E-state index contributed by atoms with van der Waals surface area (Å²) >= 11 is 0. The lowest BCUT2D eigenvalue weighted by Crippen LogP contribution is -2.26. The van der Waals surface area contributed by atoms with Gasteiger partial charge in [-0.3, -0.25) is 4.68 Å². The van der Waals surface area contributed by atoms with Crippen molar-refractivity contribution in [3.8, 4) is 0 Å². The molecular formula is C10H15N5O3S. The number of hydrogen-bond acceptors (Lipinski definition) is 6. The third-order valence-electron chi connectivity index (χ3n) is 2.49. The highest BCUT2D eigenvalue weighted by atomic mass is 32.2. The second-order valence-electron chi connectivity index (χ2n) is 4.10. The molecule has 0 saturated carbocycles. The molecule has 2 aromatic rings. The lowest BCUT2D eigenvalue weighted by Gasteiger charge is -2.08. The molecule has 0 saturated heterocycles. The molecule has 0 radical (unpaired) electrons. The van der Waals surface area contributed by atoms with Gasteiger partial charge in [0.2, 0.25) is 15.9 Å². The maximum Gasteiger partial charge on any atom is 0.244 e. The molecule has 0 fully saturated rings. The zero-order valence-corrected chi connectivity index (χ0v) is 11.7. The number of hydrogen-bond donors (Lipinski definition) is 1. The predicted octanol–water partition coefficient (Wildman–Crippen LogP) is 0.405. The van der Waals surface area contributed by atoms with E-state index in [0.717, 1.165) is 0 Å². The van der Waals surface area contributed by atoms with Crippen molar-refractivity contribution in [2.75, 3.05) is 0 Å². The van der Waals surface area contributed by atoms with Crippen LogP contribution < -0.4 is 4.72 Å². The first kappa shape index (κ1) is 13.7. The van der Waals surface area contributed by atoms with Gasteiger partial charge in [0, 0.05) is 19.7 Å². The van der Waals surface area contributed by atoms with E-state index in [2.05, 4.69) is 20.0 Å². The fourth-order valence-corrected chi connectivity index (χ4v) is 2.66. The van der Waals surface area contributed by atoms with Gasteiger partial charge in [-0.2, -0.15) is 14.8 Å². The van der Waals surface area contributed by atoms with E-state index in [1.54, 1.807) is 14.0 Å². The van der Waals surface area contributed by atoms with Crippen molar-refractivity contribution in [1.82, 2.24) is 24.6 Å². The Kier molecular flexibility index (Phi) is 3.67. The van der Waals surface area contributed by atoms with Gasteiger partial charge in [0.15, 0.2) is 5.82 Å². The minimum Gasteiger partial charge on any atom is -0.338 e. The molecule has 19 heavy (non-hydrogen) atoms. The van der Waals surface area contributed by atoms with E-state index in [9.17, 15) is 8.42 Å². The summed E-state index contributed by atoms with van der Waals surface area (Å²) in [6, 6.07) is -0.599. The van der Waals surface area contributed by atoms with Crippen molar-refractivity contribution in [1.29, 1.82) is 0 Å². The standard InChI is InChI=1S/C10H15N5O3S/c1-4-9-12-10(18-13-9)7(2)14-19(16,17)8-5-11-15(3)6-8/h5-7,14H,4H2,1-3H3. The monoisotopic (exact) mass is 285 g/mol. The third-order valence-corrected chi connectivity index (χ3v) is 3.99. The van der Waals surface area contributed by atoms with Crippen molar-refractivity contribution in [2.24, 2.45) is 7.05 Å². The fraction of sp³-hybridized carbons (Fsp3) is 0.500. The van der Waals surface area contributed by atoms with E-state index >= 15 is 0 Å². The first-order chi connectivity index (χ1) is 8.92. The molecule has 1 atom stereocenters. The van der Waals surface area contributed by atoms with Gasteiger partial charge < -0.3 is 4.52 Å². The molecule has 0 bridgehead atoms. The summed E-state index contributed by atoms with van der Waals surface area (Å²) in [7, 11) is -2.00. The molecule has 2 rings (SSSR count). The van der Waals surface area contributed by atoms with E-state index < -0.39 is 16.1 Å².